The second kappa shape index (κ2) is 13.2. The van der Waals surface area contributed by atoms with Crippen molar-refractivity contribution in [3.05, 3.63) is 112 Å². The molecule has 2 aliphatic rings. The molecule has 1 atom stereocenters. The van der Waals surface area contributed by atoms with Crippen LogP contribution in [0.5, 0.6) is 0 Å². The minimum absolute atomic E-state index is 0.174. The van der Waals surface area contributed by atoms with Gasteiger partial charge in [0.05, 0.1) is 33.5 Å². The highest BCUT2D eigenvalue weighted by atomic mass is 35.5. The van der Waals surface area contributed by atoms with Gasteiger partial charge in [-0.25, -0.2) is 0 Å². The van der Waals surface area contributed by atoms with Crippen LogP contribution in [0.2, 0.25) is 10.0 Å². The van der Waals surface area contributed by atoms with Crippen LogP contribution >= 0.6 is 23.2 Å². The van der Waals surface area contributed by atoms with Gasteiger partial charge in [-0.1, -0.05) is 65.7 Å². The van der Waals surface area contributed by atoms with Crippen LogP contribution in [0.4, 0.5) is 11.4 Å². The maximum Gasteiger partial charge on any atom is 0.103 e. The second-order valence-electron chi connectivity index (χ2n) is 12.6. The smallest absolute Gasteiger partial charge is 0.103 e. The van der Waals surface area contributed by atoms with E-state index >= 15 is 0 Å². The number of fused-ring (bicyclic) bond motifs is 1. The predicted octanol–water partition coefficient (Wildman–Crippen LogP) is 7.61. The molecule has 0 spiro atoms. The summed E-state index contributed by atoms with van der Waals surface area (Å²) >= 11 is 13.1. The van der Waals surface area contributed by atoms with E-state index in [1.807, 2.05) is 66.7 Å². The third kappa shape index (κ3) is 6.98. The van der Waals surface area contributed by atoms with Gasteiger partial charge < -0.3 is 16.1 Å². The van der Waals surface area contributed by atoms with E-state index in [4.69, 9.17) is 23.2 Å². The summed E-state index contributed by atoms with van der Waals surface area (Å²) in [7, 11) is 0. The van der Waals surface area contributed by atoms with E-state index in [0.29, 0.717) is 39.4 Å². The molecule has 1 fully saturated rings. The first-order valence-electron chi connectivity index (χ1n) is 15.3. The van der Waals surface area contributed by atoms with Crippen molar-refractivity contribution in [3.63, 3.8) is 0 Å². The molecule has 0 unspecified atom stereocenters. The van der Waals surface area contributed by atoms with Crippen LogP contribution in [0, 0.1) is 11.3 Å². The van der Waals surface area contributed by atoms with Crippen molar-refractivity contribution < 1.29 is 0 Å². The number of nitrogens with zero attached hydrogens (tertiary/aromatic N) is 4. The molecule has 0 radical (unpaired) electrons. The zero-order valence-corrected chi connectivity index (χ0v) is 27.3. The van der Waals surface area contributed by atoms with Crippen LogP contribution in [0.15, 0.2) is 84.8 Å². The summed E-state index contributed by atoms with van der Waals surface area (Å²) in [6, 6.07) is 24.3. The normalized spacial score (nSPS) is 16.6. The van der Waals surface area contributed by atoms with Gasteiger partial charge in [0.2, 0.25) is 0 Å². The Bertz CT molecular complexity index is 1720. The van der Waals surface area contributed by atoms with E-state index < -0.39 is 0 Å². The molecule has 0 amide bonds. The molecule has 0 saturated carbocycles. The number of nitrogens with one attached hydrogen (secondary N) is 4. The summed E-state index contributed by atoms with van der Waals surface area (Å²) in [4.78, 5) is 7.08. The fourth-order valence-corrected chi connectivity index (χ4v) is 6.46. The van der Waals surface area contributed by atoms with Crippen molar-refractivity contribution in [2.24, 2.45) is 0 Å². The van der Waals surface area contributed by atoms with E-state index in [1.54, 1.807) is 6.20 Å². The molecule has 0 aliphatic carbocycles. The van der Waals surface area contributed by atoms with Crippen LogP contribution in [-0.2, 0) is 6.54 Å². The molecular formula is C35H38Cl2N8. The van der Waals surface area contributed by atoms with Crippen LogP contribution < -0.4 is 21.6 Å². The van der Waals surface area contributed by atoms with Gasteiger partial charge in [-0.3, -0.25) is 14.9 Å². The summed E-state index contributed by atoms with van der Waals surface area (Å²) in [5.74, 6) is 0. The third-order valence-electron chi connectivity index (χ3n) is 8.60. The zero-order valence-electron chi connectivity index (χ0n) is 25.7. The lowest BCUT2D eigenvalue weighted by atomic mass is 9.98. The topological polar surface area (TPSA) is 91.3 Å². The lowest BCUT2D eigenvalue weighted by molar-refractivity contribution is 0.0570. The van der Waals surface area contributed by atoms with Crippen molar-refractivity contribution >= 4 is 45.5 Å². The van der Waals surface area contributed by atoms with Crippen LogP contribution in [0.1, 0.15) is 56.3 Å². The third-order valence-corrected chi connectivity index (χ3v) is 9.14. The number of nitriles is 1. The Balaban J connectivity index is 1.31. The summed E-state index contributed by atoms with van der Waals surface area (Å²) in [6.45, 7) is 9.52. The van der Waals surface area contributed by atoms with E-state index in [1.165, 1.54) is 0 Å². The molecule has 2 aliphatic heterocycles. The van der Waals surface area contributed by atoms with Crippen molar-refractivity contribution in [3.8, 4) is 6.07 Å². The van der Waals surface area contributed by atoms with E-state index in [9.17, 15) is 5.26 Å². The number of benzene rings is 3. The number of likely N-dealkylation sites (tertiary alicyclic amines) is 1. The molecule has 3 heterocycles. The number of anilines is 2. The Morgan fingerprint density at radius 1 is 1.04 bits per heavy atom. The molecular weight excluding hydrogens is 603 g/mol. The molecule has 10 heteroatoms. The molecule has 3 aromatic carbocycles. The summed E-state index contributed by atoms with van der Waals surface area (Å²) in [5.41, 5.74) is 12.7. The molecule has 232 valence electrons. The first kappa shape index (κ1) is 31.0. The highest BCUT2D eigenvalue weighted by Crippen LogP contribution is 2.36. The number of aromatic nitrogens is 1. The highest BCUT2D eigenvalue weighted by molar-refractivity contribution is 6.36. The fourth-order valence-electron chi connectivity index (χ4n) is 6.07. The molecule has 8 nitrogen and oxygen atoms in total. The average Bonchev–Trinajstić information content (AvgIpc) is 3.53. The summed E-state index contributed by atoms with van der Waals surface area (Å²) < 4.78 is 0. The highest BCUT2D eigenvalue weighted by Gasteiger charge is 2.32. The number of hydrogen-bond acceptors (Lipinski definition) is 8. The largest absolute Gasteiger partial charge is 0.379 e. The molecule has 0 bridgehead atoms. The molecule has 4 N–H and O–H groups in total. The Morgan fingerprint density at radius 3 is 2.47 bits per heavy atom. The van der Waals surface area contributed by atoms with Crippen molar-refractivity contribution in [1.29, 1.82) is 5.26 Å². The Kier molecular flexibility index (Phi) is 9.06. The van der Waals surface area contributed by atoms with Gasteiger partial charge in [0, 0.05) is 59.7 Å². The van der Waals surface area contributed by atoms with E-state index in [2.05, 4.69) is 69.5 Å². The number of pyridine rings is 1. The van der Waals surface area contributed by atoms with Gasteiger partial charge in [-0.15, -0.1) is 5.53 Å². The number of hydrazine groups is 2. The first-order chi connectivity index (χ1) is 21.7. The SMILES string of the molecule is CC(C)(C)N1CCC(N2C=C([C@@H](Nc3cc(Cl)c4ncc(C#N)c(NCc5ccccc5)c4c3)c3ccc(Cl)cc3)NN2)CC1. The summed E-state index contributed by atoms with van der Waals surface area (Å²) in [6.07, 6.45) is 5.88. The van der Waals surface area contributed by atoms with Gasteiger partial charge in [-0.2, -0.15) is 5.26 Å². The van der Waals surface area contributed by atoms with Gasteiger partial charge in [0.1, 0.15) is 6.07 Å². The second-order valence-corrected chi connectivity index (χ2v) is 13.4. The number of hydrogen-bond donors (Lipinski definition) is 4. The molecule has 1 aromatic heterocycles. The number of halogens is 2. The first-order valence-corrected chi connectivity index (χ1v) is 16.0. The maximum absolute atomic E-state index is 9.94. The minimum atomic E-state index is -0.240. The predicted molar refractivity (Wildman–Crippen MR) is 184 cm³/mol. The lowest BCUT2D eigenvalue weighted by Crippen LogP contribution is -2.52. The molecule has 4 aromatic rings. The average molecular weight is 642 g/mol. The number of piperidine rings is 1. The lowest BCUT2D eigenvalue weighted by Gasteiger charge is -2.42. The van der Waals surface area contributed by atoms with Crippen LogP contribution in [-0.4, -0.2) is 39.6 Å². The van der Waals surface area contributed by atoms with Crippen LogP contribution in [0.3, 0.4) is 0 Å². The molecule has 1 saturated heterocycles. The van der Waals surface area contributed by atoms with E-state index in [0.717, 1.165) is 53.8 Å². The van der Waals surface area contributed by atoms with Gasteiger partial charge in [0.25, 0.3) is 0 Å². The minimum Gasteiger partial charge on any atom is -0.379 e. The van der Waals surface area contributed by atoms with Crippen molar-refractivity contribution in [2.75, 3.05) is 23.7 Å². The van der Waals surface area contributed by atoms with Crippen LogP contribution in [0.25, 0.3) is 10.9 Å². The molecule has 6 rings (SSSR count). The van der Waals surface area contributed by atoms with Crippen molar-refractivity contribution in [1.82, 2.24) is 25.9 Å². The van der Waals surface area contributed by atoms with Crippen molar-refractivity contribution in [2.45, 2.75) is 57.8 Å². The Morgan fingerprint density at radius 2 is 1.78 bits per heavy atom. The maximum atomic E-state index is 9.94. The monoisotopic (exact) mass is 640 g/mol. The van der Waals surface area contributed by atoms with Gasteiger partial charge >= 0.3 is 0 Å². The van der Waals surface area contributed by atoms with Gasteiger partial charge in [0.15, 0.2) is 0 Å². The zero-order chi connectivity index (χ0) is 31.6. The Hall–Kier alpha value is -4.00. The quantitative estimate of drug-likeness (QED) is 0.156. The fraction of sp³-hybridized carbons (Fsp3) is 0.314. The van der Waals surface area contributed by atoms with Gasteiger partial charge in [-0.05, 0) is 69.0 Å². The summed E-state index contributed by atoms with van der Waals surface area (Å²) in [5, 5.41) is 21.3. The molecule has 45 heavy (non-hydrogen) atoms. The number of rotatable bonds is 8. The van der Waals surface area contributed by atoms with E-state index in [-0.39, 0.29) is 11.6 Å². The Labute approximate surface area is 275 Å². The standard InChI is InChI=1S/C35H38Cl2N8/c1-35(2,3)44-15-13-28(14-16-44)45-22-31(42-43-45)33(24-9-11-26(36)12-10-24)41-27-17-29-32(39-20-23-7-5-4-6-8-23)25(19-38)21-40-34(29)30(37)18-27/h4-12,17-18,21-22,28,33,41-43H,13-16,20H2,1-3H3,(H,39,40)/t33-/m0/s1.